The number of hydrogen-bond acceptors (Lipinski definition) is 4. The fraction of sp³-hybridized carbons (Fsp3) is 0.300. The van der Waals surface area contributed by atoms with Crippen molar-refractivity contribution in [1.82, 2.24) is 0 Å². The molecule has 0 aromatic heterocycles. The molecule has 0 heterocycles. The van der Waals surface area contributed by atoms with Gasteiger partial charge in [0.05, 0.1) is 10.5 Å². The standard InChI is InChI=1S/C10H9FN2O3/c1-10(2,12-6-14)7-3-4-8(11)9(5-7)13(15)16/h3-5H,1-2H3. The van der Waals surface area contributed by atoms with Crippen molar-refractivity contribution in [3.63, 3.8) is 0 Å². The Labute approximate surface area is 90.8 Å². The van der Waals surface area contributed by atoms with E-state index >= 15 is 0 Å². The number of nitro benzene ring substituents is 1. The second kappa shape index (κ2) is 4.20. The van der Waals surface area contributed by atoms with Crippen LogP contribution >= 0.6 is 0 Å². The molecule has 0 bridgehead atoms. The maximum atomic E-state index is 13.0. The summed E-state index contributed by atoms with van der Waals surface area (Å²) in [6.07, 6.45) is 1.38. The second-order valence-electron chi connectivity index (χ2n) is 3.69. The summed E-state index contributed by atoms with van der Waals surface area (Å²) < 4.78 is 13.0. The van der Waals surface area contributed by atoms with Gasteiger partial charge < -0.3 is 0 Å². The Bertz CT molecular complexity index is 479. The minimum absolute atomic E-state index is 0.379. The van der Waals surface area contributed by atoms with E-state index in [-0.39, 0.29) is 0 Å². The highest BCUT2D eigenvalue weighted by molar-refractivity contribution is 5.42. The Morgan fingerprint density at radius 3 is 2.62 bits per heavy atom. The third kappa shape index (κ3) is 2.29. The lowest BCUT2D eigenvalue weighted by Crippen LogP contribution is -2.14. The summed E-state index contributed by atoms with van der Waals surface area (Å²) >= 11 is 0. The molecule has 0 aliphatic heterocycles. The summed E-state index contributed by atoms with van der Waals surface area (Å²) in [5.74, 6) is -0.917. The number of hydrogen-bond donors (Lipinski definition) is 0. The number of carbonyl (C=O) groups excluding carboxylic acids is 1. The largest absolute Gasteiger partial charge is 0.305 e. The lowest BCUT2D eigenvalue weighted by molar-refractivity contribution is -0.387. The van der Waals surface area contributed by atoms with Crippen LogP contribution in [0.15, 0.2) is 23.2 Å². The summed E-state index contributed by atoms with van der Waals surface area (Å²) in [5.41, 5.74) is -1.21. The van der Waals surface area contributed by atoms with Crippen molar-refractivity contribution in [3.05, 3.63) is 39.7 Å². The van der Waals surface area contributed by atoms with Gasteiger partial charge in [-0.25, -0.2) is 4.79 Å². The zero-order valence-electron chi connectivity index (χ0n) is 8.73. The normalized spacial score (nSPS) is 10.7. The molecule has 5 nitrogen and oxygen atoms in total. The van der Waals surface area contributed by atoms with E-state index in [9.17, 15) is 19.3 Å². The Kier molecular flexibility index (Phi) is 3.15. The summed E-state index contributed by atoms with van der Waals surface area (Å²) in [5, 5.41) is 10.5. The van der Waals surface area contributed by atoms with Crippen LogP contribution in [-0.4, -0.2) is 11.0 Å². The fourth-order valence-electron chi connectivity index (χ4n) is 1.21. The van der Waals surface area contributed by atoms with Crippen LogP contribution in [0.5, 0.6) is 0 Å². The van der Waals surface area contributed by atoms with Gasteiger partial charge in [0.2, 0.25) is 11.9 Å². The molecule has 0 radical (unpaired) electrons. The molecule has 0 saturated carbocycles. The molecule has 0 amide bonds. The van der Waals surface area contributed by atoms with Crippen molar-refractivity contribution >= 4 is 11.8 Å². The maximum Gasteiger partial charge on any atom is 0.305 e. The van der Waals surface area contributed by atoms with Gasteiger partial charge in [-0.2, -0.15) is 9.38 Å². The summed E-state index contributed by atoms with van der Waals surface area (Å²) in [7, 11) is 0. The van der Waals surface area contributed by atoms with E-state index in [0.29, 0.717) is 5.56 Å². The van der Waals surface area contributed by atoms with E-state index in [4.69, 9.17) is 0 Å². The first-order valence-corrected chi connectivity index (χ1v) is 4.42. The molecule has 0 fully saturated rings. The van der Waals surface area contributed by atoms with Gasteiger partial charge in [-0.15, -0.1) is 0 Å². The topological polar surface area (TPSA) is 72.6 Å². The van der Waals surface area contributed by atoms with E-state index in [1.807, 2.05) is 0 Å². The third-order valence-corrected chi connectivity index (χ3v) is 2.17. The van der Waals surface area contributed by atoms with Gasteiger partial charge in [0.25, 0.3) is 0 Å². The van der Waals surface area contributed by atoms with Crippen molar-refractivity contribution in [2.75, 3.05) is 0 Å². The molecule has 84 valence electrons. The zero-order valence-corrected chi connectivity index (χ0v) is 8.73. The van der Waals surface area contributed by atoms with Crippen LogP contribution in [-0.2, 0) is 10.3 Å². The van der Waals surface area contributed by atoms with Crippen LogP contribution in [0.2, 0.25) is 0 Å². The van der Waals surface area contributed by atoms with Gasteiger partial charge in [0.1, 0.15) is 0 Å². The first-order valence-electron chi connectivity index (χ1n) is 4.42. The van der Waals surface area contributed by atoms with Gasteiger partial charge in [-0.3, -0.25) is 10.1 Å². The van der Waals surface area contributed by atoms with Crippen LogP contribution in [0.1, 0.15) is 19.4 Å². The SMILES string of the molecule is CC(C)(N=C=O)c1ccc(F)c([N+](=O)[O-])c1. The monoisotopic (exact) mass is 224 g/mol. The van der Waals surface area contributed by atoms with Gasteiger partial charge in [-0.1, -0.05) is 6.07 Å². The number of aliphatic imine (C=N–C) groups is 1. The molecule has 1 aromatic carbocycles. The van der Waals surface area contributed by atoms with E-state index in [1.54, 1.807) is 13.8 Å². The Morgan fingerprint density at radius 1 is 1.50 bits per heavy atom. The molecular weight excluding hydrogens is 215 g/mol. The first-order chi connectivity index (χ1) is 7.38. The predicted octanol–water partition coefficient (Wildman–Crippen LogP) is 2.30. The molecule has 6 heteroatoms. The molecule has 0 aliphatic rings. The molecule has 0 spiro atoms. The predicted molar refractivity (Wildman–Crippen MR) is 54.2 cm³/mol. The number of nitro groups is 1. The highest BCUT2D eigenvalue weighted by Crippen LogP contribution is 2.28. The van der Waals surface area contributed by atoms with E-state index < -0.39 is 22.0 Å². The summed E-state index contributed by atoms with van der Waals surface area (Å²) in [6, 6.07) is 3.40. The van der Waals surface area contributed by atoms with E-state index in [1.165, 1.54) is 12.1 Å². The maximum absolute atomic E-state index is 13.0. The van der Waals surface area contributed by atoms with Crippen molar-refractivity contribution in [2.45, 2.75) is 19.4 Å². The molecule has 1 aromatic rings. The number of isocyanates is 1. The second-order valence-corrected chi connectivity index (χ2v) is 3.69. The highest BCUT2D eigenvalue weighted by atomic mass is 19.1. The quantitative estimate of drug-likeness (QED) is 0.342. The van der Waals surface area contributed by atoms with Crippen molar-refractivity contribution in [1.29, 1.82) is 0 Å². The Hall–Kier alpha value is -2.07. The van der Waals surface area contributed by atoms with Gasteiger partial charge in [0.15, 0.2) is 0 Å². The van der Waals surface area contributed by atoms with Crippen molar-refractivity contribution in [3.8, 4) is 0 Å². The fourth-order valence-corrected chi connectivity index (χ4v) is 1.21. The number of benzene rings is 1. The van der Waals surface area contributed by atoms with E-state index in [0.717, 1.165) is 12.1 Å². The Morgan fingerprint density at radius 2 is 2.12 bits per heavy atom. The zero-order chi connectivity index (χ0) is 12.3. The molecule has 16 heavy (non-hydrogen) atoms. The van der Waals surface area contributed by atoms with Crippen molar-refractivity contribution < 1.29 is 14.1 Å². The Balaban J connectivity index is 3.32. The average Bonchev–Trinajstić information content (AvgIpc) is 2.17. The lowest BCUT2D eigenvalue weighted by atomic mass is 9.95. The van der Waals surface area contributed by atoms with Crippen LogP contribution in [0, 0.1) is 15.9 Å². The van der Waals surface area contributed by atoms with Gasteiger partial charge in [0, 0.05) is 6.07 Å². The minimum atomic E-state index is -0.958. The molecule has 0 saturated heterocycles. The molecule has 0 N–H and O–H groups in total. The molecule has 1 rings (SSSR count). The average molecular weight is 224 g/mol. The van der Waals surface area contributed by atoms with Crippen LogP contribution in [0.25, 0.3) is 0 Å². The minimum Gasteiger partial charge on any atom is -0.258 e. The van der Waals surface area contributed by atoms with Crippen molar-refractivity contribution in [2.24, 2.45) is 4.99 Å². The lowest BCUT2D eigenvalue weighted by Gasteiger charge is -2.17. The third-order valence-electron chi connectivity index (χ3n) is 2.17. The molecule has 0 aliphatic carbocycles. The summed E-state index contributed by atoms with van der Waals surface area (Å²) in [6.45, 7) is 3.16. The summed E-state index contributed by atoms with van der Waals surface area (Å²) in [4.78, 5) is 23.4. The highest BCUT2D eigenvalue weighted by Gasteiger charge is 2.24. The van der Waals surface area contributed by atoms with Gasteiger partial charge >= 0.3 is 5.69 Å². The number of nitrogens with zero attached hydrogens (tertiary/aromatic N) is 2. The smallest absolute Gasteiger partial charge is 0.258 e. The van der Waals surface area contributed by atoms with Gasteiger partial charge in [-0.05, 0) is 25.5 Å². The van der Waals surface area contributed by atoms with Crippen LogP contribution in [0.3, 0.4) is 0 Å². The number of halogens is 1. The first kappa shape index (κ1) is 12.0. The molecule has 0 unspecified atom stereocenters. The van der Waals surface area contributed by atoms with Crippen LogP contribution < -0.4 is 0 Å². The van der Waals surface area contributed by atoms with Crippen LogP contribution in [0.4, 0.5) is 10.1 Å². The molecule has 0 atom stereocenters. The van der Waals surface area contributed by atoms with E-state index in [2.05, 4.69) is 4.99 Å². The molecular formula is C10H9FN2O3. The number of rotatable bonds is 3.